The fourth-order valence-corrected chi connectivity index (χ4v) is 3.18. The minimum atomic E-state index is 0.103. The smallest absolute Gasteiger partial charge is 0.222 e. The Balaban J connectivity index is 1.84. The number of aryl methyl sites for hydroxylation is 1. The van der Waals surface area contributed by atoms with E-state index >= 15 is 0 Å². The van der Waals surface area contributed by atoms with Crippen LogP contribution >= 0.6 is 0 Å². The highest BCUT2D eigenvalue weighted by Gasteiger charge is 2.34. The molecule has 1 aromatic rings. The standard InChI is InChI=1S/C17H27N3O3/c1-19(8-9-21)10-15-11-20(12-16(15)13-22)17(23)3-2-14-4-6-18-7-5-14/h4-7,15-16,21-22H,2-3,8-13H2,1H3/t15-,16-/m1/s1. The van der Waals surface area contributed by atoms with Crippen molar-refractivity contribution < 1.29 is 15.0 Å². The fraction of sp³-hybridized carbons (Fsp3) is 0.647. The zero-order valence-electron chi connectivity index (χ0n) is 13.8. The van der Waals surface area contributed by atoms with Crippen LogP contribution < -0.4 is 0 Å². The Morgan fingerprint density at radius 3 is 2.65 bits per heavy atom. The highest BCUT2D eigenvalue weighted by atomic mass is 16.3. The Morgan fingerprint density at radius 2 is 2.00 bits per heavy atom. The number of hydrogen-bond acceptors (Lipinski definition) is 5. The van der Waals surface area contributed by atoms with Crippen molar-refractivity contribution in [2.75, 3.05) is 46.4 Å². The van der Waals surface area contributed by atoms with Gasteiger partial charge in [-0.1, -0.05) is 0 Å². The van der Waals surface area contributed by atoms with Gasteiger partial charge in [0.15, 0.2) is 0 Å². The van der Waals surface area contributed by atoms with Gasteiger partial charge in [-0.3, -0.25) is 9.78 Å². The van der Waals surface area contributed by atoms with E-state index in [1.54, 1.807) is 12.4 Å². The number of likely N-dealkylation sites (N-methyl/N-ethyl adjacent to an activating group) is 1. The molecule has 0 aliphatic carbocycles. The Bertz CT molecular complexity index is 483. The van der Waals surface area contributed by atoms with E-state index in [1.165, 1.54) is 0 Å². The van der Waals surface area contributed by atoms with Crippen LogP contribution in [0.2, 0.25) is 0 Å². The average Bonchev–Trinajstić information content (AvgIpc) is 2.96. The lowest BCUT2D eigenvalue weighted by molar-refractivity contribution is -0.130. The molecule has 128 valence electrons. The molecular weight excluding hydrogens is 294 g/mol. The van der Waals surface area contributed by atoms with Gasteiger partial charge in [-0.25, -0.2) is 0 Å². The Hall–Kier alpha value is -1.50. The van der Waals surface area contributed by atoms with E-state index in [-0.39, 0.29) is 31.0 Å². The lowest BCUT2D eigenvalue weighted by atomic mass is 9.96. The molecule has 0 bridgehead atoms. The van der Waals surface area contributed by atoms with Crippen molar-refractivity contribution in [3.8, 4) is 0 Å². The zero-order chi connectivity index (χ0) is 16.7. The van der Waals surface area contributed by atoms with Crippen molar-refractivity contribution in [3.63, 3.8) is 0 Å². The van der Waals surface area contributed by atoms with Crippen molar-refractivity contribution in [1.29, 1.82) is 0 Å². The molecule has 0 unspecified atom stereocenters. The molecule has 6 nitrogen and oxygen atoms in total. The van der Waals surface area contributed by atoms with Crippen LogP contribution in [0.5, 0.6) is 0 Å². The van der Waals surface area contributed by atoms with Gasteiger partial charge < -0.3 is 20.0 Å². The predicted octanol–water partition coefficient (Wildman–Crippen LogP) is 0.00520. The quantitative estimate of drug-likeness (QED) is 0.705. The van der Waals surface area contributed by atoms with Gasteiger partial charge in [-0.15, -0.1) is 0 Å². The second kappa shape index (κ2) is 8.96. The summed E-state index contributed by atoms with van der Waals surface area (Å²) in [6.07, 6.45) is 4.69. The van der Waals surface area contributed by atoms with Crippen LogP contribution in [-0.4, -0.2) is 77.3 Å². The summed E-state index contributed by atoms with van der Waals surface area (Å²) in [7, 11) is 1.96. The maximum Gasteiger partial charge on any atom is 0.222 e. The van der Waals surface area contributed by atoms with E-state index in [0.717, 1.165) is 18.5 Å². The first-order valence-corrected chi connectivity index (χ1v) is 8.21. The molecule has 2 heterocycles. The number of amides is 1. The van der Waals surface area contributed by atoms with E-state index in [1.807, 2.05) is 24.1 Å². The van der Waals surface area contributed by atoms with Crippen LogP contribution in [0.1, 0.15) is 12.0 Å². The number of likely N-dealkylation sites (tertiary alicyclic amines) is 1. The Kier molecular flexibility index (Phi) is 6.95. The molecular formula is C17H27N3O3. The number of carbonyl (C=O) groups excluding carboxylic acids is 1. The largest absolute Gasteiger partial charge is 0.396 e. The molecule has 2 atom stereocenters. The third kappa shape index (κ3) is 5.27. The number of hydrogen-bond donors (Lipinski definition) is 2. The maximum atomic E-state index is 12.4. The number of aliphatic hydroxyl groups is 2. The molecule has 0 spiro atoms. The van der Waals surface area contributed by atoms with Gasteiger partial charge in [0.2, 0.25) is 5.91 Å². The molecule has 1 aliphatic rings. The Labute approximate surface area is 137 Å². The van der Waals surface area contributed by atoms with Crippen LogP contribution in [0.3, 0.4) is 0 Å². The summed E-state index contributed by atoms with van der Waals surface area (Å²) in [5.74, 6) is 0.537. The summed E-state index contributed by atoms with van der Waals surface area (Å²) in [6, 6.07) is 3.86. The number of rotatable bonds is 8. The summed E-state index contributed by atoms with van der Waals surface area (Å²) in [6.45, 7) is 2.96. The Morgan fingerprint density at radius 1 is 1.30 bits per heavy atom. The van der Waals surface area contributed by atoms with E-state index < -0.39 is 0 Å². The molecule has 1 aromatic heterocycles. The summed E-state index contributed by atoms with van der Waals surface area (Å²) < 4.78 is 0. The van der Waals surface area contributed by atoms with Crippen LogP contribution in [-0.2, 0) is 11.2 Å². The number of nitrogens with zero attached hydrogens (tertiary/aromatic N) is 3. The van der Waals surface area contributed by atoms with E-state index in [0.29, 0.717) is 26.1 Å². The molecule has 2 N–H and O–H groups in total. The second-order valence-electron chi connectivity index (χ2n) is 6.34. The fourth-order valence-electron chi connectivity index (χ4n) is 3.18. The molecule has 0 aromatic carbocycles. The third-order valence-electron chi connectivity index (χ3n) is 4.57. The second-order valence-corrected chi connectivity index (χ2v) is 6.34. The molecule has 1 aliphatic heterocycles. The van der Waals surface area contributed by atoms with Crippen molar-refractivity contribution in [2.24, 2.45) is 11.8 Å². The van der Waals surface area contributed by atoms with Gasteiger partial charge in [-0.05, 0) is 37.1 Å². The van der Waals surface area contributed by atoms with Gasteiger partial charge in [0.1, 0.15) is 0 Å². The molecule has 6 heteroatoms. The monoisotopic (exact) mass is 321 g/mol. The lowest BCUT2D eigenvalue weighted by Crippen LogP contribution is -2.33. The highest BCUT2D eigenvalue weighted by molar-refractivity contribution is 5.76. The lowest BCUT2D eigenvalue weighted by Gasteiger charge is -2.23. The van der Waals surface area contributed by atoms with Crippen molar-refractivity contribution in [1.82, 2.24) is 14.8 Å². The molecule has 0 saturated carbocycles. The third-order valence-corrected chi connectivity index (χ3v) is 4.57. The summed E-state index contributed by atoms with van der Waals surface area (Å²) in [5.41, 5.74) is 1.12. The number of aliphatic hydroxyl groups excluding tert-OH is 2. The van der Waals surface area contributed by atoms with E-state index in [4.69, 9.17) is 5.11 Å². The number of aromatic nitrogens is 1. The first kappa shape index (κ1) is 17.8. The van der Waals surface area contributed by atoms with Gasteiger partial charge in [0.25, 0.3) is 0 Å². The van der Waals surface area contributed by atoms with Crippen molar-refractivity contribution in [2.45, 2.75) is 12.8 Å². The average molecular weight is 321 g/mol. The highest BCUT2D eigenvalue weighted by Crippen LogP contribution is 2.24. The summed E-state index contributed by atoms with van der Waals surface area (Å²) in [4.78, 5) is 20.3. The molecule has 2 rings (SSSR count). The number of carbonyl (C=O) groups is 1. The van der Waals surface area contributed by atoms with Crippen LogP contribution in [0.4, 0.5) is 0 Å². The number of pyridine rings is 1. The van der Waals surface area contributed by atoms with Crippen LogP contribution in [0, 0.1) is 11.8 Å². The molecule has 1 fully saturated rings. The first-order chi connectivity index (χ1) is 11.1. The summed E-state index contributed by atoms with van der Waals surface area (Å²) >= 11 is 0. The maximum absolute atomic E-state index is 12.4. The van der Waals surface area contributed by atoms with Gasteiger partial charge in [-0.2, -0.15) is 0 Å². The van der Waals surface area contributed by atoms with Gasteiger partial charge in [0, 0.05) is 57.5 Å². The molecule has 1 amide bonds. The normalized spacial score (nSPS) is 21.1. The SMILES string of the molecule is CN(CCO)C[C@@H]1CN(C(=O)CCc2ccncc2)C[C@@H]1CO. The van der Waals surface area contributed by atoms with E-state index in [9.17, 15) is 9.90 Å². The van der Waals surface area contributed by atoms with Gasteiger partial charge in [0.05, 0.1) is 6.61 Å². The minimum absolute atomic E-state index is 0.103. The van der Waals surface area contributed by atoms with E-state index in [2.05, 4.69) is 9.88 Å². The molecule has 23 heavy (non-hydrogen) atoms. The predicted molar refractivity (Wildman–Crippen MR) is 87.8 cm³/mol. The van der Waals surface area contributed by atoms with Crippen molar-refractivity contribution >= 4 is 5.91 Å². The van der Waals surface area contributed by atoms with Gasteiger partial charge >= 0.3 is 0 Å². The van der Waals surface area contributed by atoms with Crippen LogP contribution in [0.25, 0.3) is 0 Å². The van der Waals surface area contributed by atoms with Crippen molar-refractivity contribution in [3.05, 3.63) is 30.1 Å². The van der Waals surface area contributed by atoms with Crippen LogP contribution in [0.15, 0.2) is 24.5 Å². The molecule has 1 saturated heterocycles. The molecule has 0 radical (unpaired) electrons. The summed E-state index contributed by atoms with van der Waals surface area (Å²) in [5, 5.41) is 18.6. The zero-order valence-corrected chi connectivity index (χ0v) is 13.8. The minimum Gasteiger partial charge on any atom is -0.396 e. The topological polar surface area (TPSA) is 76.9 Å². The first-order valence-electron chi connectivity index (χ1n) is 8.21.